The highest BCUT2D eigenvalue weighted by Crippen LogP contribution is 2.33. The molecule has 0 aliphatic heterocycles. The first-order valence-corrected chi connectivity index (χ1v) is 6.77. The Morgan fingerprint density at radius 3 is 2.68 bits per heavy atom. The van der Waals surface area contributed by atoms with E-state index in [2.05, 4.69) is 11.9 Å². The zero-order valence-corrected chi connectivity index (χ0v) is 12.3. The summed E-state index contributed by atoms with van der Waals surface area (Å²) >= 11 is 1.47. The van der Waals surface area contributed by atoms with E-state index in [0.29, 0.717) is 18.0 Å². The van der Waals surface area contributed by atoms with E-state index in [1.807, 2.05) is 25.1 Å². The minimum atomic E-state index is -0.182. The molecule has 104 valence electrons. The van der Waals surface area contributed by atoms with Gasteiger partial charge in [-0.1, -0.05) is 6.08 Å². The largest absolute Gasteiger partial charge is 0.493 e. The summed E-state index contributed by atoms with van der Waals surface area (Å²) < 4.78 is 10.4. The fraction of sp³-hybridized carbons (Fsp3) is 0.357. The molecule has 1 aromatic rings. The van der Waals surface area contributed by atoms with E-state index in [1.165, 1.54) is 11.8 Å². The lowest BCUT2D eigenvalue weighted by molar-refractivity contribution is -0.120. The van der Waals surface area contributed by atoms with E-state index in [9.17, 15) is 4.79 Å². The topological polar surface area (TPSA) is 47.6 Å². The Kier molecular flexibility index (Phi) is 6.29. The molecule has 0 aromatic heterocycles. The maximum Gasteiger partial charge on any atom is 0.233 e. The Morgan fingerprint density at radius 2 is 2.11 bits per heavy atom. The van der Waals surface area contributed by atoms with Crippen LogP contribution < -0.4 is 14.8 Å². The minimum Gasteiger partial charge on any atom is -0.493 e. The Hall–Kier alpha value is -1.62. The van der Waals surface area contributed by atoms with E-state index in [0.717, 1.165) is 4.90 Å². The number of nitrogens with one attached hydrogen (secondary N) is 1. The average molecular weight is 281 g/mol. The maximum absolute atomic E-state index is 11.7. The van der Waals surface area contributed by atoms with Crippen molar-refractivity contribution in [1.82, 2.24) is 5.32 Å². The van der Waals surface area contributed by atoms with Crippen molar-refractivity contribution in [3.63, 3.8) is 0 Å². The predicted octanol–water partition coefficient (Wildman–Crippen LogP) is 2.49. The summed E-state index contributed by atoms with van der Waals surface area (Å²) in [6, 6.07) is 5.60. The van der Waals surface area contributed by atoms with Crippen LogP contribution in [0.25, 0.3) is 0 Å². The van der Waals surface area contributed by atoms with E-state index in [-0.39, 0.29) is 11.2 Å². The molecule has 0 heterocycles. The molecule has 0 aliphatic rings. The molecule has 0 aliphatic carbocycles. The first-order chi connectivity index (χ1) is 9.12. The molecule has 1 N–H and O–H groups in total. The van der Waals surface area contributed by atoms with Gasteiger partial charge in [0.15, 0.2) is 11.5 Å². The van der Waals surface area contributed by atoms with Crippen LogP contribution in [0.4, 0.5) is 0 Å². The monoisotopic (exact) mass is 281 g/mol. The van der Waals surface area contributed by atoms with Crippen LogP contribution in [0.2, 0.25) is 0 Å². The normalized spacial score (nSPS) is 11.5. The standard InChI is InChI=1S/C14H19NO3S/c1-5-8-15-14(16)10(2)19-11-6-7-12(17-3)13(9-11)18-4/h5-7,9-10H,1,8H2,2-4H3,(H,15,16)/t10-/m0/s1. The zero-order chi connectivity index (χ0) is 14.3. The number of methoxy groups -OCH3 is 2. The lowest BCUT2D eigenvalue weighted by atomic mass is 10.3. The molecule has 4 nitrogen and oxygen atoms in total. The number of ether oxygens (including phenoxy) is 2. The van der Waals surface area contributed by atoms with Gasteiger partial charge in [0.2, 0.25) is 5.91 Å². The Balaban J connectivity index is 2.71. The summed E-state index contributed by atoms with van der Waals surface area (Å²) in [6.45, 7) is 5.91. The van der Waals surface area contributed by atoms with E-state index < -0.39 is 0 Å². The van der Waals surface area contributed by atoms with E-state index in [1.54, 1.807) is 20.3 Å². The third-order valence-electron chi connectivity index (χ3n) is 2.46. The molecule has 1 aromatic carbocycles. The van der Waals surface area contributed by atoms with E-state index in [4.69, 9.17) is 9.47 Å². The van der Waals surface area contributed by atoms with Crippen LogP contribution in [-0.4, -0.2) is 31.9 Å². The van der Waals surface area contributed by atoms with Gasteiger partial charge in [0.25, 0.3) is 0 Å². The lowest BCUT2D eigenvalue weighted by Crippen LogP contribution is -2.30. The number of thioether (sulfide) groups is 1. The molecule has 19 heavy (non-hydrogen) atoms. The summed E-state index contributed by atoms with van der Waals surface area (Å²) in [7, 11) is 3.18. The highest BCUT2D eigenvalue weighted by atomic mass is 32.2. The van der Waals surface area contributed by atoms with Crippen LogP contribution in [-0.2, 0) is 4.79 Å². The van der Waals surface area contributed by atoms with Crippen molar-refractivity contribution in [2.24, 2.45) is 0 Å². The van der Waals surface area contributed by atoms with Crippen molar-refractivity contribution in [2.75, 3.05) is 20.8 Å². The smallest absolute Gasteiger partial charge is 0.233 e. The van der Waals surface area contributed by atoms with Gasteiger partial charge >= 0.3 is 0 Å². The van der Waals surface area contributed by atoms with Gasteiger partial charge in [-0.25, -0.2) is 0 Å². The second-order valence-corrected chi connectivity index (χ2v) is 5.22. The number of benzene rings is 1. The van der Waals surface area contributed by atoms with Crippen LogP contribution >= 0.6 is 11.8 Å². The molecule has 1 amide bonds. The van der Waals surface area contributed by atoms with Gasteiger partial charge in [-0.2, -0.15) is 0 Å². The van der Waals surface area contributed by atoms with Crippen LogP contribution in [0.15, 0.2) is 35.7 Å². The number of hydrogen-bond acceptors (Lipinski definition) is 4. The van der Waals surface area contributed by atoms with Crippen molar-refractivity contribution in [2.45, 2.75) is 17.1 Å². The number of carbonyl (C=O) groups is 1. The SMILES string of the molecule is C=CCNC(=O)[C@H](C)Sc1ccc(OC)c(OC)c1. The molecular weight excluding hydrogens is 262 g/mol. The summed E-state index contributed by atoms with van der Waals surface area (Å²) in [6.07, 6.45) is 1.66. The summed E-state index contributed by atoms with van der Waals surface area (Å²) in [5.41, 5.74) is 0. The average Bonchev–Trinajstić information content (AvgIpc) is 2.44. The van der Waals surface area contributed by atoms with Gasteiger partial charge in [-0.3, -0.25) is 4.79 Å². The molecule has 0 bridgehead atoms. The van der Waals surface area contributed by atoms with E-state index >= 15 is 0 Å². The molecule has 0 saturated carbocycles. The molecular formula is C14H19NO3S. The van der Waals surface area contributed by atoms with Gasteiger partial charge < -0.3 is 14.8 Å². The van der Waals surface area contributed by atoms with Crippen molar-refractivity contribution >= 4 is 17.7 Å². The number of amides is 1. The summed E-state index contributed by atoms with van der Waals surface area (Å²) in [4.78, 5) is 12.7. The quantitative estimate of drug-likeness (QED) is 0.616. The lowest BCUT2D eigenvalue weighted by Gasteiger charge is -2.13. The number of carbonyl (C=O) groups excluding carboxylic acids is 1. The highest BCUT2D eigenvalue weighted by Gasteiger charge is 2.14. The molecule has 0 fully saturated rings. The fourth-order valence-electron chi connectivity index (χ4n) is 1.46. The summed E-state index contributed by atoms with van der Waals surface area (Å²) in [5, 5.41) is 2.59. The molecule has 0 saturated heterocycles. The Bertz CT molecular complexity index is 448. The first kappa shape index (κ1) is 15.4. The predicted molar refractivity (Wildman–Crippen MR) is 78.1 cm³/mol. The number of hydrogen-bond donors (Lipinski definition) is 1. The molecule has 0 unspecified atom stereocenters. The zero-order valence-electron chi connectivity index (χ0n) is 11.4. The second kappa shape index (κ2) is 7.74. The maximum atomic E-state index is 11.7. The third-order valence-corrected chi connectivity index (χ3v) is 3.55. The van der Waals surface area contributed by atoms with Crippen LogP contribution in [0.3, 0.4) is 0 Å². The van der Waals surface area contributed by atoms with Gasteiger partial charge in [-0.15, -0.1) is 18.3 Å². The Morgan fingerprint density at radius 1 is 1.42 bits per heavy atom. The third kappa shape index (κ3) is 4.52. The van der Waals surface area contributed by atoms with Gasteiger partial charge in [0, 0.05) is 11.4 Å². The molecule has 0 radical (unpaired) electrons. The fourth-order valence-corrected chi connectivity index (χ4v) is 2.38. The van der Waals surface area contributed by atoms with Gasteiger partial charge in [-0.05, 0) is 25.1 Å². The van der Waals surface area contributed by atoms with Crippen LogP contribution in [0, 0.1) is 0 Å². The second-order valence-electron chi connectivity index (χ2n) is 3.81. The summed E-state index contributed by atoms with van der Waals surface area (Å²) in [5.74, 6) is 1.32. The molecule has 5 heteroatoms. The molecule has 0 spiro atoms. The minimum absolute atomic E-state index is 0.0142. The van der Waals surface area contributed by atoms with Crippen molar-refractivity contribution in [1.29, 1.82) is 0 Å². The van der Waals surface area contributed by atoms with Crippen LogP contribution in [0.5, 0.6) is 11.5 Å². The Labute approximate surface area is 118 Å². The van der Waals surface area contributed by atoms with Crippen molar-refractivity contribution < 1.29 is 14.3 Å². The van der Waals surface area contributed by atoms with Gasteiger partial charge in [0.05, 0.1) is 19.5 Å². The highest BCUT2D eigenvalue weighted by molar-refractivity contribution is 8.00. The van der Waals surface area contributed by atoms with Crippen molar-refractivity contribution in [3.8, 4) is 11.5 Å². The van der Waals surface area contributed by atoms with Crippen molar-refractivity contribution in [3.05, 3.63) is 30.9 Å². The first-order valence-electron chi connectivity index (χ1n) is 5.89. The molecule has 1 atom stereocenters. The van der Waals surface area contributed by atoms with Gasteiger partial charge in [0.1, 0.15) is 0 Å². The molecule has 1 rings (SSSR count). The van der Waals surface area contributed by atoms with Crippen LogP contribution in [0.1, 0.15) is 6.92 Å². The number of rotatable bonds is 7.